The Labute approximate surface area is 142 Å². The number of nitro groups is 1. The molecule has 0 amide bonds. The van der Waals surface area contributed by atoms with Crippen LogP contribution in [0.3, 0.4) is 0 Å². The van der Waals surface area contributed by atoms with E-state index in [9.17, 15) is 29.5 Å². The van der Waals surface area contributed by atoms with Crippen molar-refractivity contribution in [1.82, 2.24) is 19.5 Å². The van der Waals surface area contributed by atoms with Crippen LogP contribution in [0.4, 0.5) is 11.9 Å². The lowest BCUT2D eigenvalue weighted by Crippen LogP contribution is -2.39. The number of anilines is 1. The van der Waals surface area contributed by atoms with Gasteiger partial charge in [-0.25, -0.2) is 4.57 Å². The van der Waals surface area contributed by atoms with Crippen molar-refractivity contribution < 1.29 is 33.3 Å². The molecule has 0 aliphatic carbocycles. The van der Waals surface area contributed by atoms with E-state index in [1.165, 1.54) is 0 Å². The number of aromatic nitrogens is 4. The number of nitrogens with two attached hydrogens (primary N) is 1. The van der Waals surface area contributed by atoms with Gasteiger partial charge in [-0.1, -0.05) is 4.98 Å². The summed E-state index contributed by atoms with van der Waals surface area (Å²) in [6.45, 7) is -0.386. The molecule has 0 saturated carbocycles. The van der Waals surface area contributed by atoms with E-state index in [-0.39, 0.29) is 23.7 Å². The maximum absolute atomic E-state index is 11.9. The number of nitrogen functional groups attached to an aromatic ring is 1. The number of imidazole rings is 1. The average Bonchev–Trinajstić information content (AvgIpc) is 3.05. The minimum atomic E-state index is -4.38. The van der Waals surface area contributed by atoms with Gasteiger partial charge in [-0.2, -0.15) is 9.55 Å². The average molecular weight is 390 g/mol. The number of aromatic amines is 1. The molecule has 0 aromatic carbocycles. The minimum Gasteiger partial charge on any atom is -0.390 e. The van der Waals surface area contributed by atoms with E-state index in [2.05, 4.69) is 19.5 Å². The molecular formula is C10H11N6O9P. The molecule has 2 aliphatic heterocycles. The fourth-order valence-electron chi connectivity index (χ4n) is 2.90. The Morgan fingerprint density at radius 3 is 2.88 bits per heavy atom. The Hall–Kier alpha value is -2.42. The lowest BCUT2D eigenvalue weighted by molar-refractivity contribution is -0.398. The number of H-pyrrole nitrogens is 1. The number of hydrogen-bond acceptors (Lipinski definition) is 11. The van der Waals surface area contributed by atoms with E-state index in [1.807, 2.05) is 0 Å². The van der Waals surface area contributed by atoms with Crippen molar-refractivity contribution in [3.05, 3.63) is 20.5 Å². The van der Waals surface area contributed by atoms with Crippen LogP contribution in [0, 0.1) is 10.1 Å². The largest absolute Gasteiger partial charge is 0.472 e. The van der Waals surface area contributed by atoms with E-state index in [0.717, 1.165) is 4.57 Å². The summed E-state index contributed by atoms with van der Waals surface area (Å²) in [6, 6.07) is 0. The fourth-order valence-corrected chi connectivity index (χ4v) is 3.87. The summed E-state index contributed by atoms with van der Waals surface area (Å²) in [7, 11) is -4.38. The van der Waals surface area contributed by atoms with Gasteiger partial charge in [0.2, 0.25) is 17.8 Å². The lowest BCUT2D eigenvalue weighted by atomic mass is 10.1. The molecule has 0 spiro atoms. The van der Waals surface area contributed by atoms with Gasteiger partial charge in [0.25, 0.3) is 11.1 Å². The number of fused-ring (bicyclic) bond motifs is 2. The molecule has 5 atom stereocenters. The van der Waals surface area contributed by atoms with Gasteiger partial charge in [-0.3, -0.25) is 18.8 Å². The second kappa shape index (κ2) is 5.54. The van der Waals surface area contributed by atoms with Crippen LogP contribution in [0.5, 0.6) is 0 Å². The quantitative estimate of drug-likeness (QED) is 0.258. The van der Waals surface area contributed by atoms with Gasteiger partial charge >= 0.3 is 13.8 Å². The van der Waals surface area contributed by atoms with Crippen LogP contribution in [0.2, 0.25) is 0 Å². The Balaban J connectivity index is 1.86. The molecule has 16 heteroatoms. The van der Waals surface area contributed by atoms with Crippen LogP contribution >= 0.6 is 7.82 Å². The highest BCUT2D eigenvalue weighted by atomic mass is 31.2. The van der Waals surface area contributed by atoms with Crippen molar-refractivity contribution in [2.24, 2.45) is 0 Å². The number of aliphatic hydroxyl groups is 1. The summed E-state index contributed by atoms with van der Waals surface area (Å²) in [4.78, 5) is 41.3. The zero-order valence-electron chi connectivity index (χ0n) is 12.6. The second-order valence-electron chi connectivity index (χ2n) is 5.55. The number of nitrogens with zero attached hydrogens (tertiary/aromatic N) is 4. The minimum absolute atomic E-state index is 0.297. The van der Waals surface area contributed by atoms with Crippen LogP contribution in [0.15, 0.2) is 4.79 Å². The topological polar surface area (TPSA) is 218 Å². The molecule has 2 aliphatic rings. The molecule has 0 radical (unpaired) electrons. The second-order valence-corrected chi connectivity index (χ2v) is 6.96. The Kier molecular flexibility index (Phi) is 3.62. The van der Waals surface area contributed by atoms with Crippen molar-refractivity contribution in [3.63, 3.8) is 0 Å². The molecule has 2 unspecified atom stereocenters. The molecule has 2 aromatic rings. The third-order valence-electron chi connectivity index (χ3n) is 3.93. The van der Waals surface area contributed by atoms with Crippen LogP contribution < -0.4 is 11.3 Å². The van der Waals surface area contributed by atoms with Crippen LogP contribution in [0.25, 0.3) is 11.2 Å². The number of phosphoric acid groups is 1. The van der Waals surface area contributed by atoms with Gasteiger partial charge in [0, 0.05) is 0 Å². The molecule has 2 saturated heterocycles. The molecule has 5 N–H and O–H groups in total. The lowest BCUT2D eigenvalue weighted by Gasteiger charge is -2.27. The first kappa shape index (κ1) is 17.0. The molecule has 2 fully saturated rings. The monoisotopic (exact) mass is 390 g/mol. The zero-order chi connectivity index (χ0) is 18.8. The molecule has 2 aromatic heterocycles. The van der Waals surface area contributed by atoms with Crippen molar-refractivity contribution >= 4 is 30.9 Å². The van der Waals surface area contributed by atoms with Crippen molar-refractivity contribution in [1.29, 1.82) is 0 Å². The number of hydrogen-bond donors (Lipinski definition) is 4. The molecule has 4 heterocycles. The van der Waals surface area contributed by atoms with Gasteiger partial charge in [0.15, 0.2) is 0 Å². The maximum Gasteiger partial charge on any atom is 0.472 e. The highest BCUT2D eigenvalue weighted by Gasteiger charge is 2.55. The smallest absolute Gasteiger partial charge is 0.390 e. The molecule has 140 valence electrons. The molecule has 0 bridgehead atoms. The normalized spacial score (nSPS) is 34.1. The summed E-state index contributed by atoms with van der Waals surface area (Å²) in [5.41, 5.74) is 3.96. The van der Waals surface area contributed by atoms with E-state index in [4.69, 9.17) is 15.0 Å². The number of nitrogens with one attached hydrogen (secondary N) is 1. The predicted molar refractivity (Wildman–Crippen MR) is 79.8 cm³/mol. The number of aliphatic hydroxyl groups excluding tert-OH is 1. The van der Waals surface area contributed by atoms with Crippen LogP contribution in [0.1, 0.15) is 6.23 Å². The van der Waals surface area contributed by atoms with Crippen molar-refractivity contribution in [3.8, 4) is 0 Å². The third-order valence-corrected chi connectivity index (χ3v) is 4.92. The number of ether oxygens (including phenoxy) is 1. The number of phosphoric ester groups is 1. The van der Waals surface area contributed by atoms with E-state index < -0.39 is 48.8 Å². The molecular weight excluding hydrogens is 379 g/mol. The van der Waals surface area contributed by atoms with Gasteiger partial charge in [-0.05, 0) is 4.92 Å². The van der Waals surface area contributed by atoms with Crippen molar-refractivity contribution in [2.75, 3.05) is 12.3 Å². The van der Waals surface area contributed by atoms with E-state index in [1.54, 1.807) is 0 Å². The maximum atomic E-state index is 11.9. The summed E-state index contributed by atoms with van der Waals surface area (Å²) < 4.78 is 27.2. The third kappa shape index (κ3) is 2.49. The molecule has 26 heavy (non-hydrogen) atoms. The van der Waals surface area contributed by atoms with Crippen LogP contribution in [-0.4, -0.2) is 59.4 Å². The first-order chi connectivity index (χ1) is 12.2. The van der Waals surface area contributed by atoms with Crippen LogP contribution in [-0.2, 0) is 18.3 Å². The number of rotatable bonds is 2. The Morgan fingerprint density at radius 1 is 1.46 bits per heavy atom. The summed E-state index contributed by atoms with van der Waals surface area (Å²) >= 11 is 0. The van der Waals surface area contributed by atoms with E-state index >= 15 is 0 Å². The summed E-state index contributed by atoms with van der Waals surface area (Å²) in [5.74, 6) is -1.16. The van der Waals surface area contributed by atoms with E-state index in [0.29, 0.717) is 0 Å². The Morgan fingerprint density at radius 2 is 2.19 bits per heavy atom. The first-order valence-electron chi connectivity index (χ1n) is 7.09. The van der Waals surface area contributed by atoms with Crippen molar-refractivity contribution in [2.45, 2.75) is 24.5 Å². The molecule has 4 rings (SSSR count). The highest BCUT2D eigenvalue weighted by Crippen LogP contribution is 2.52. The predicted octanol–water partition coefficient (Wildman–Crippen LogP) is -1.62. The summed E-state index contributed by atoms with van der Waals surface area (Å²) in [5, 5.41) is 21.8. The van der Waals surface area contributed by atoms with Gasteiger partial charge in [0.1, 0.15) is 18.3 Å². The van der Waals surface area contributed by atoms with Gasteiger partial charge in [0.05, 0.1) is 6.61 Å². The Bertz CT molecular complexity index is 1020. The van der Waals surface area contributed by atoms with Gasteiger partial charge < -0.3 is 30.6 Å². The first-order valence-corrected chi connectivity index (χ1v) is 8.59. The molecule has 15 nitrogen and oxygen atoms in total. The fraction of sp³-hybridized carbons (Fsp3) is 0.500. The van der Waals surface area contributed by atoms with Gasteiger partial charge in [-0.15, -0.1) is 0 Å². The zero-order valence-corrected chi connectivity index (χ0v) is 13.5. The highest BCUT2D eigenvalue weighted by molar-refractivity contribution is 7.47. The SMILES string of the molecule is Nc1nc2c(nc([N+](=O)[O-])n2C2O[C@@H]3COP(=O)(O)O[C@@H]3[C@@H]2O)c(=O)[nH]1. The standard InChI is InChI=1S/C10H11N6O9P/c11-9-13-6-3(7(18)14-9)12-10(16(19)20)15(6)8-4(17)5-2(24-8)1-23-26(21,22)25-5/h2,4-5,8,17H,1H2,(H,21,22)(H3,11,13,14,18)/t2-,4+,5+,8?/m1/s1. The summed E-state index contributed by atoms with van der Waals surface area (Å²) in [6.07, 6.45) is -5.37.